The fourth-order valence-corrected chi connectivity index (χ4v) is 1.51. The topological polar surface area (TPSA) is 17.1 Å². The summed E-state index contributed by atoms with van der Waals surface area (Å²) in [5.74, 6) is 5.84. The molecule has 0 unspecified atom stereocenters. The fourth-order valence-electron chi connectivity index (χ4n) is 1.26. The molecule has 0 bridgehead atoms. The second kappa shape index (κ2) is 5.72. The van der Waals surface area contributed by atoms with Gasteiger partial charge in [0.15, 0.2) is 5.78 Å². The quantitative estimate of drug-likeness (QED) is 0.601. The van der Waals surface area contributed by atoms with E-state index in [4.69, 9.17) is 0 Å². The predicted molar refractivity (Wildman–Crippen MR) is 65.9 cm³/mol. The number of Topliss-reactive ketones (excluding diaryl/α,β-unsaturated/α-hetero) is 1. The molecule has 0 aliphatic carbocycles. The molecule has 0 radical (unpaired) electrons. The molecular formula is C13H13BrO. The van der Waals surface area contributed by atoms with Crippen LogP contribution in [-0.4, -0.2) is 5.78 Å². The summed E-state index contributed by atoms with van der Waals surface area (Å²) in [6.07, 6.45) is 1.15. The summed E-state index contributed by atoms with van der Waals surface area (Å²) in [4.78, 5) is 11.7. The summed E-state index contributed by atoms with van der Waals surface area (Å²) in [6.45, 7) is 3.76. The fraction of sp³-hybridized carbons (Fsp3) is 0.308. The molecule has 2 heteroatoms. The van der Waals surface area contributed by atoms with E-state index in [9.17, 15) is 4.79 Å². The third-order valence-corrected chi connectivity index (χ3v) is 3.02. The standard InChI is InChI=1S/C13H13BrO/c1-3-4-5-6-13(15)11-7-8-12(14)10(2)9-11/h7-9H,5-6H2,1-2H3. The van der Waals surface area contributed by atoms with Gasteiger partial charge in [0.25, 0.3) is 0 Å². The van der Waals surface area contributed by atoms with Crippen molar-refractivity contribution in [2.75, 3.05) is 0 Å². The van der Waals surface area contributed by atoms with Crippen LogP contribution in [-0.2, 0) is 0 Å². The van der Waals surface area contributed by atoms with Crippen molar-refractivity contribution in [3.63, 3.8) is 0 Å². The first-order valence-corrected chi connectivity index (χ1v) is 5.63. The molecule has 1 nitrogen and oxygen atoms in total. The highest BCUT2D eigenvalue weighted by molar-refractivity contribution is 9.10. The third kappa shape index (κ3) is 3.53. The summed E-state index contributed by atoms with van der Waals surface area (Å²) in [5, 5.41) is 0. The van der Waals surface area contributed by atoms with Crippen LogP contribution in [0.1, 0.15) is 35.7 Å². The molecule has 0 saturated heterocycles. The van der Waals surface area contributed by atoms with Crippen LogP contribution in [0.4, 0.5) is 0 Å². The average molecular weight is 265 g/mol. The zero-order valence-corrected chi connectivity index (χ0v) is 10.5. The van der Waals surface area contributed by atoms with Crippen molar-refractivity contribution >= 4 is 21.7 Å². The van der Waals surface area contributed by atoms with Crippen LogP contribution >= 0.6 is 15.9 Å². The van der Waals surface area contributed by atoms with Gasteiger partial charge in [-0.25, -0.2) is 0 Å². The lowest BCUT2D eigenvalue weighted by Crippen LogP contribution is -1.98. The maximum Gasteiger partial charge on any atom is 0.163 e. The van der Waals surface area contributed by atoms with E-state index >= 15 is 0 Å². The second-order valence-corrected chi connectivity index (χ2v) is 4.17. The Morgan fingerprint density at radius 2 is 2.20 bits per heavy atom. The summed E-state index contributed by atoms with van der Waals surface area (Å²) in [6, 6.07) is 5.67. The van der Waals surface area contributed by atoms with Gasteiger partial charge < -0.3 is 0 Å². The van der Waals surface area contributed by atoms with Crippen molar-refractivity contribution in [2.45, 2.75) is 26.7 Å². The van der Waals surface area contributed by atoms with Crippen molar-refractivity contribution in [3.8, 4) is 11.8 Å². The third-order valence-electron chi connectivity index (χ3n) is 2.13. The number of halogens is 1. The summed E-state index contributed by atoms with van der Waals surface area (Å²) in [5.41, 5.74) is 1.86. The molecule has 1 aromatic rings. The second-order valence-electron chi connectivity index (χ2n) is 3.31. The highest BCUT2D eigenvalue weighted by Gasteiger charge is 2.05. The van der Waals surface area contributed by atoms with Crippen molar-refractivity contribution in [2.24, 2.45) is 0 Å². The molecule has 0 amide bonds. The number of rotatable bonds is 3. The van der Waals surface area contributed by atoms with Gasteiger partial charge in [-0.1, -0.05) is 22.0 Å². The molecule has 0 aliphatic rings. The number of carbonyl (C=O) groups excluding carboxylic acids is 1. The van der Waals surface area contributed by atoms with Crippen LogP contribution < -0.4 is 0 Å². The monoisotopic (exact) mass is 264 g/mol. The number of aryl methyl sites for hydroxylation is 1. The van der Waals surface area contributed by atoms with Crippen molar-refractivity contribution in [1.82, 2.24) is 0 Å². The molecule has 0 aliphatic heterocycles. The summed E-state index contributed by atoms with van der Waals surface area (Å²) in [7, 11) is 0. The van der Waals surface area contributed by atoms with Gasteiger partial charge in [0.05, 0.1) is 0 Å². The first-order valence-electron chi connectivity index (χ1n) is 4.84. The SMILES string of the molecule is CC#CCCC(=O)c1ccc(Br)c(C)c1. The van der Waals surface area contributed by atoms with Crippen LogP contribution in [0.5, 0.6) is 0 Å². The van der Waals surface area contributed by atoms with Gasteiger partial charge in [0.1, 0.15) is 0 Å². The van der Waals surface area contributed by atoms with Crippen molar-refractivity contribution in [3.05, 3.63) is 33.8 Å². The Balaban J connectivity index is 2.72. The molecule has 0 N–H and O–H groups in total. The number of benzene rings is 1. The van der Waals surface area contributed by atoms with Gasteiger partial charge in [-0.05, 0) is 31.5 Å². The molecule has 1 aromatic carbocycles. The Kier molecular flexibility index (Phi) is 4.58. The van der Waals surface area contributed by atoms with E-state index in [0.29, 0.717) is 12.8 Å². The summed E-state index contributed by atoms with van der Waals surface area (Å²) >= 11 is 3.41. The van der Waals surface area contributed by atoms with Crippen LogP contribution in [0.2, 0.25) is 0 Å². The van der Waals surface area contributed by atoms with Crippen molar-refractivity contribution < 1.29 is 4.79 Å². The molecule has 78 valence electrons. The molecule has 0 saturated carbocycles. The van der Waals surface area contributed by atoms with E-state index in [1.54, 1.807) is 6.92 Å². The Morgan fingerprint density at radius 1 is 1.47 bits per heavy atom. The van der Waals surface area contributed by atoms with Crippen molar-refractivity contribution in [1.29, 1.82) is 0 Å². The molecule has 1 rings (SSSR count). The molecule has 0 fully saturated rings. The van der Waals surface area contributed by atoms with Crippen LogP contribution in [0.3, 0.4) is 0 Å². The van der Waals surface area contributed by atoms with E-state index in [1.807, 2.05) is 25.1 Å². The first-order chi connectivity index (χ1) is 7.15. The van der Waals surface area contributed by atoms with E-state index in [-0.39, 0.29) is 5.78 Å². The lowest BCUT2D eigenvalue weighted by molar-refractivity contribution is 0.0984. The highest BCUT2D eigenvalue weighted by Crippen LogP contribution is 2.18. The van der Waals surface area contributed by atoms with E-state index in [0.717, 1.165) is 15.6 Å². The lowest BCUT2D eigenvalue weighted by atomic mass is 10.0. The van der Waals surface area contributed by atoms with E-state index in [1.165, 1.54) is 0 Å². The van der Waals surface area contributed by atoms with Gasteiger partial charge in [0.2, 0.25) is 0 Å². The lowest BCUT2D eigenvalue weighted by Gasteiger charge is -2.02. The van der Waals surface area contributed by atoms with Gasteiger partial charge in [-0.2, -0.15) is 0 Å². The smallest absolute Gasteiger partial charge is 0.163 e. The zero-order chi connectivity index (χ0) is 11.3. The maximum absolute atomic E-state index is 11.7. The predicted octanol–water partition coefficient (Wildman–Crippen LogP) is 3.74. The van der Waals surface area contributed by atoms with Gasteiger partial charge >= 0.3 is 0 Å². The zero-order valence-electron chi connectivity index (χ0n) is 8.93. The molecule has 0 aromatic heterocycles. The minimum absolute atomic E-state index is 0.161. The van der Waals surface area contributed by atoms with Crippen LogP contribution in [0, 0.1) is 18.8 Å². The normalized spacial score (nSPS) is 9.27. The molecule has 0 spiro atoms. The highest BCUT2D eigenvalue weighted by atomic mass is 79.9. The Labute approximate surface area is 99.0 Å². The Bertz CT molecular complexity index is 424. The molecule has 15 heavy (non-hydrogen) atoms. The van der Waals surface area contributed by atoms with Crippen LogP contribution in [0.25, 0.3) is 0 Å². The number of ketones is 1. The van der Waals surface area contributed by atoms with E-state index < -0.39 is 0 Å². The van der Waals surface area contributed by atoms with Gasteiger partial charge in [-0.3, -0.25) is 4.79 Å². The minimum Gasteiger partial charge on any atom is -0.294 e. The Morgan fingerprint density at radius 3 is 2.80 bits per heavy atom. The number of hydrogen-bond donors (Lipinski definition) is 0. The minimum atomic E-state index is 0.161. The van der Waals surface area contributed by atoms with Gasteiger partial charge in [-0.15, -0.1) is 11.8 Å². The molecular weight excluding hydrogens is 252 g/mol. The Hall–Kier alpha value is -1.07. The number of hydrogen-bond acceptors (Lipinski definition) is 1. The largest absolute Gasteiger partial charge is 0.294 e. The summed E-state index contributed by atoms with van der Waals surface area (Å²) < 4.78 is 1.03. The molecule has 0 atom stereocenters. The number of carbonyl (C=O) groups is 1. The molecule has 0 heterocycles. The van der Waals surface area contributed by atoms with Gasteiger partial charge in [0, 0.05) is 22.9 Å². The van der Waals surface area contributed by atoms with Crippen LogP contribution in [0.15, 0.2) is 22.7 Å². The maximum atomic E-state index is 11.7. The van der Waals surface area contributed by atoms with E-state index in [2.05, 4.69) is 27.8 Å². The first kappa shape index (κ1) is 12.0. The average Bonchev–Trinajstić information content (AvgIpc) is 2.22.